The third-order valence-corrected chi connectivity index (χ3v) is 3.41. The average molecular weight is 281 g/mol. The van der Waals surface area contributed by atoms with Crippen molar-refractivity contribution in [2.45, 2.75) is 12.8 Å². The molecule has 0 fully saturated rings. The Hall–Kier alpha value is -1.52. The largest absolute Gasteiger partial charge is 0.508 e. The van der Waals surface area contributed by atoms with Crippen molar-refractivity contribution >= 4 is 17.5 Å². The van der Waals surface area contributed by atoms with Crippen molar-refractivity contribution in [3.8, 4) is 5.75 Å². The van der Waals surface area contributed by atoms with Crippen LogP contribution in [0.25, 0.3) is 0 Å². The Morgan fingerprint density at radius 3 is 3.05 bits per heavy atom. The van der Waals surface area contributed by atoms with Gasteiger partial charge in [0.2, 0.25) is 0 Å². The monoisotopic (exact) mass is 280 g/mol. The second-order valence-electron chi connectivity index (χ2n) is 4.49. The van der Waals surface area contributed by atoms with Gasteiger partial charge in [-0.2, -0.15) is 0 Å². The van der Waals surface area contributed by atoms with Gasteiger partial charge < -0.3 is 15.7 Å². The van der Waals surface area contributed by atoms with E-state index in [9.17, 15) is 9.90 Å². The van der Waals surface area contributed by atoms with Crippen molar-refractivity contribution < 1.29 is 9.90 Å². The van der Waals surface area contributed by atoms with Crippen molar-refractivity contribution in [3.63, 3.8) is 0 Å². The lowest BCUT2D eigenvalue weighted by Crippen LogP contribution is -2.26. The van der Waals surface area contributed by atoms with Gasteiger partial charge in [0.25, 0.3) is 5.91 Å². The minimum Gasteiger partial charge on any atom is -0.508 e. The molecule has 0 saturated heterocycles. The second-order valence-corrected chi connectivity index (χ2v) is 4.89. The fourth-order valence-corrected chi connectivity index (χ4v) is 2.22. The number of phenolic OH excluding ortho intramolecular Hbond substituents is 1. The van der Waals surface area contributed by atoms with Gasteiger partial charge in [0.15, 0.2) is 0 Å². The Morgan fingerprint density at radius 2 is 2.32 bits per heavy atom. The fraction of sp³-hybridized carbons (Fsp3) is 0.357. The summed E-state index contributed by atoms with van der Waals surface area (Å²) >= 11 is 5.93. The molecule has 0 spiro atoms. The predicted molar refractivity (Wildman–Crippen MR) is 75.6 cm³/mol. The standard InChI is InChI=1S/C14H17ClN2O2/c15-13-2-1-11(18)9-12(13)14(19)17-8-5-10-3-6-16-7-4-10/h1-3,9,16,18H,4-8H2,(H,17,19). The molecule has 1 aliphatic rings. The van der Waals surface area contributed by atoms with Crippen LogP contribution < -0.4 is 10.6 Å². The van der Waals surface area contributed by atoms with E-state index in [0.717, 1.165) is 25.9 Å². The van der Waals surface area contributed by atoms with Gasteiger partial charge in [-0.15, -0.1) is 0 Å². The van der Waals surface area contributed by atoms with Crippen LogP contribution in [-0.2, 0) is 0 Å². The van der Waals surface area contributed by atoms with Crippen LogP contribution in [0.15, 0.2) is 29.8 Å². The van der Waals surface area contributed by atoms with Crippen LogP contribution in [0.4, 0.5) is 0 Å². The first-order chi connectivity index (χ1) is 9.16. The highest BCUT2D eigenvalue weighted by molar-refractivity contribution is 6.33. The maximum atomic E-state index is 11.9. The molecule has 2 rings (SSSR count). The summed E-state index contributed by atoms with van der Waals surface area (Å²) in [7, 11) is 0. The van der Waals surface area contributed by atoms with Gasteiger partial charge in [0.1, 0.15) is 5.75 Å². The number of nitrogens with one attached hydrogen (secondary N) is 2. The highest BCUT2D eigenvalue weighted by atomic mass is 35.5. The summed E-state index contributed by atoms with van der Waals surface area (Å²) in [5.41, 5.74) is 1.67. The maximum absolute atomic E-state index is 11.9. The van der Waals surface area contributed by atoms with Crippen LogP contribution in [-0.4, -0.2) is 30.6 Å². The molecule has 0 aromatic heterocycles. The molecule has 0 saturated carbocycles. The van der Waals surface area contributed by atoms with E-state index >= 15 is 0 Å². The summed E-state index contributed by atoms with van der Waals surface area (Å²) in [6.07, 6.45) is 4.05. The number of halogens is 1. The smallest absolute Gasteiger partial charge is 0.252 e. The molecule has 19 heavy (non-hydrogen) atoms. The van der Waals surface area contributed by atoms with Crippen LogP contribution in [0, 0.1) is 0 Å². The molecule has 1 heterocycles. The maximum Gasteiger partial charge on any atom is 0.252 e. The van der Waals surface area contributed by atoms with Gasteiger partial charge in [0, 0.05) is 13.1 Å². The van der Waals surface area contributed by atoms with Crippen LogP contribution >= 0.6 is 11.6 Å². The number of carbonyl (C=O) groups excluding carboxylic acids is 1. The van der Waals surface area contributed by atoms with Crippen molar-refractivity contribution in [2.75, 3.05) is 19.6 Å². The molecule has 0 atom stereocenters. The number of benzene rings is 1. The van der Waals surface area contributed by atoms with E-state index in [2.05, 4.69) is 16.7 Å². The first-order valence-corrected chi connectivity index (χ1v) is 6.70. The number of rotatable bonds is 4. The molecule has 4 nitrogen and oxygen atoms in total. The number of hydrogen-bond acceptors (Lipinski definition) is 3. The number of aromatic hydroxyl groups is 1. The van der Waals surface area contributed by atoms with Gasteiger partial charge >= 0.3 is 0 Å². The lowest BCUT2D eigenvalue weighted by atomic mass is 10.1. The van der Waals surface area contributed by atoms with E-state index in [0.29, 0.717) is 17.1 Å². The van der Waals surface area contributed by atoms with E-state index in [4.69, 9.17) is 11.6 Å². The van der Waals surface area contributed by atoms with Gasteiger partial charge in [-0.1, -0.05) is 23.3 Å². The molecule has 3 N–H and O–H groups in total. The van der Waals surface area contributed by atoms with Crippen LogP contribution in [0.3, 0.4) is 0 Å². The molecular formula is C14H17ClN2O2. The predicted octanol–water partition coefficient (Wildman–Crippen LogP) is 2.09. The number of phenols is 1. The minimum atomic E-state index is -0.254. The molecule has 1 aliphatic heterocycles. The molecule has 1 amide bonds. The van der Waals surface area contributed by atoms with E-state index < -0.39 is 0 Å². The van der Waals surface area contributed by atoms with E-state index in [-0.39, 0.29) is 11.7 Å². The highest BCUT2D eigenvalue weighted by Crippen LogP contribution is 2.21. The summed E-state index contributed by atoms with van der Waals surface area (Å²) < 4.78 is 0. The second kappa shape index (κ2) is 6.59. The SMILES string of the molecule is O=C(NCCC1=CCNCC1)c1cc(O)ccc1Cl. The Morgan fingerprint density at radius 1 is 1.47 bits per heavy atom. The van der Waals surface area contributed by atoms with Crippen molar-refractivity contribution in [2.24, 2.45) is 0 Å². The van der Waals surface area contributed by atoms with Crippen LogP contribution in [0.5, 0.6) is 5.75 Å². The summed E-state index contributed by atoms with van der Waals surface area (Å²) in [4.78, 5) is 11.9. The molecule has 0 bridgehead atoms. The van der Waals surface area contributed by atoms with Crippen molar-refractivity contribution in [3.05, 3.63) is 40.4 Å². The molecule has 0 radical (unpaired) electrons. The first-order valence-electron chi connectivity index (χ1n) is 6.32. The highest BCUT2D eigenvalue weighted by Gasteiger charge is 2.11. The summed E-state index contributed by atoms with van der Waals surface area (Å²) in [5, 5.41) is 15.8. The molecular weight excluding hydrogens is 264 g/mol. The first kappa shape index (κ1) is 13.9. The normalized spacial score (nSPS) is 14.9. The third-order valence-electron chi connectivity index (χ3n) is 3.08. The molecule has 102 valence electrons. The van der Waals surface area contributed by atoms with Gasteiger partial charge in [-0.3, -0.25) is 4.79 Å². The lowest BCUT2D eigenvalue weighted by molar-refractivity contribution is 0.0954. The van der Waals surface area contributed by atoms with Crippen molar-refractivity contribution in [1.29, 1.82) is 0 Å². The Kier molecular flexibility index (Phi) is 4.82. The van der Waals surface area contributed by atoms with Crippen LogP contribution in [0.2, 0.25) is 5.02 Å². The Bertz CT molecular complexity index is 500. The third kappa shape index (κ3) is 3.98. The van der Waals surface area contributed by atoms with E-state index in [1.807, 2.05) is 0 Å². The average Bonchev–Trinajstić information content (AvgIpc) is 2.42. The fourth-order valence-electron chi connectivity index (χ4n) is 2.02. The van der Waals surface area contributed by atoms with Gasteiger partial charge in [-0.25, -0.2) is 0 Å². The van der Waals surface area contributed by atoms with E-state index in [1.54, 1.807) is 0 Å². The molecule has 1 aromatic rings. The zero-order valence-corrected chi connectivity index (χ0v) is 11.3. The quantitative estimate of drug-likeness (QED) is 0.740. The topological polar surface area (TPSA) is 61.4 Å². The summed E-state index contributed by atoms with van der Waals surface area (Å²) in [5.74, 6) is -0.217. The zero-order valence-electron chi connectivity index (χ0n) is 10.6. The lowest BCUT2D eigenvalue weighted by Gasteiger charge is -2.14. The van der Waals surface area contributed by atoms with Gasteiger partial charge in [0.05, 0.1) is 10.6 Å². The minimum absolute atomic E-state index is 0.0376. The number of carbonyl (C=O) groups is 1. The Balaban J connectivity index is 1.87. The summed E-state index contributed by atoms with van der Waals surface area (Å²) in [6.45, 7) is 2.48. The van der Waals surface area contributed by atoms with Gasteiger partial charge in [-0.05, 0) is 37.6 Å². The molecule has 5 heteroatoms. The van der Waals surface area contributed by atoms with Crippen molar-refractivity contribution in [1.82, 2.24) is 10.6 Å². The summed E-state index contributed by atoms with van der Waals surface area (Å²) in [6, 6.07) is 4.35. The van der Waals surface area contributed by atoms with Crippen LogP contribution in [0.1, 0.15) is 23.2 Å². The molecule has 1 aromatic carbocycles. The number of hydrogen-bond donors (Lipinski definition) is 3. The number of amides is 1. The van der Waals surface area contributed by atoms with E-state index in [1.165, 1.54) is 23.8 Å². The molecule has 0 unspecified atom stereocenters. The zero-order chi connectivity index (χ0) is 13.7. The Labute approximate surface area is 117 Å². The molecule has 0 aliphatic carbocycles.